The summed E-state index contributed by atoms with van der Waals surface area (Å²) >= 11 is 0. The van der Waals surface area contributed by atoms with Crippen LogP contribution in [0, 0.1) is 0 Å². The molecule has 30 heavy (non-hydrogen) atoms. The second-order valence-electron chi connectivity index (χ2n) is 7.10. The van der Waals surface area contributed by atoms with E-state index in [4.69, 9.17) is 9.47 Å². The highest BCUT2D eigenvalue weighted by atomic mass is 16.5. The van der Waals surface area contributed by atoms with Crippen LogP contribution in [0.4, 0.5) is 5.82 Å². The molecule has 0 atom stereocenters. The van der Waals surface area contributed by atoms with Gasteiger partial charge in [-0.1, -0.05) is 0 Å². The molecule has 3 aromatic rings. The fourth-order valence-electron chi connectivity index (χ4n) is 3.57. The van der Waals surface area contributed by atoms with Crippen molar-refractivity contribution in [2.24, 2.45) is 0 Å². The number of carbonyl (C=O) groups is 1. The number of methoxy groups -OCH3 is 1. The molecule has 156 valence electrons. The number of rotatable bonds is 6. The van der Waals surface area contributed by atoms with Crippen molar-refractivity contribution in [2.75, 3.05) is 44.8 Å². The summed E-state index contributed by atoms with van der Waals surface area (Å²) in [6, 6.07) is 17.3. The molecule has 2 aromatic carbocycles. The Balaban J connectivity index is 1.36. The third-order valence-electron chi connectivity index (χ3n) is 5.27. The number of anilines is 1. The predicted octanol–water partition coefficient (Wildman–Crippen LogP) is 3.45. The molecule has 1 aromatic heterocycles. The van der Waals surface area contributed by atoms with Crippen LogP contribution < -0.4 is 14.4 Å². The normalized spacial score (nSPS) is 13.9. The highest BCUT2D eigenvalue weighted by Crippen LogP contribution is 2.25. The minimum absolute atomic E-state index is 0.0543. The van der Waals surface area contributed by atoms with Crippen LogP contribution in [0.1, 0.15) is 17.3 Å². The second-order valence-corrected chi connectivity index (χ2v) is 7.10. The quantitative estimate of drug-likeness (QED) is 0.679. The van der Waals surface area contributed by atoms with Crippen LogP contribution in [-0.4, -0.2) is 60.9 Å². The predicted molar refractivity (Wildman–Crippen MR) is 116 cm³/mol. The number of nitrogens with one attached hydrogen (secondary N) is 1. The Labute approximate surface area is 176 Å². The molecule has 0 bridgehead atoms. The third kappa shape index (κ3) is 4.25. The van der Waals surface area contributed by atoms with E-state index in [1.807, 2.05) is 66.4 Å². The Kier molecular flexibility index (Phi) is 5.88. The maximum atomic E-state index is 12.8. The molecule has 0 aliphatic carbocycles. The van der Waals surface area contributed by atoms with Crippen LogP contribution in [0.3, 0.4) is 0 Å². The number of benzene rings is 2. The van der Waals surface area contributed by atoms with Crippen LogP contribution in [0.25, 0.3) is 11.3 Å². The maximum Gasteiger partial charge on any atom is 0.253 e. The summed E-state index contributed by atoms with van der Waals surface area (Å²) in [5.74, 6) is 2.56. The lowest BCUT2D eigenvalue weighted by molar-refractivity contribution is 0.0746. The van der Waals surface area contributed by atoms with Crippen molar-refractivity contribution in [2.45, 2.75) is 6.92 Å². The molecule has 0 saturated carbocycles. The molecule has 7 nitrogen and oxygen atoms in total. The summed E-state index contributed by atoms with van der Waals surface area (Å²) in [6.07, 6.45) is 0. The van der Waals surface area contributed by atoms with Crippen LogP contribution in [-0.2, 0) is 0 Å². The van der Waals surface area contributed by atoms with Crippen molar-refractivity contribution in [3.63, 3.8) is 0 Å². The molecule has 1 aliphatic heterocycles. The van der Waals surface area contributed by atoms with Gasteiger partial charge in [-0.3, -0.25) is 9.89 Å². The van der Waals surface area contributed by atoms with Crippen molar-refractivity contribution in [1.82, 2.24) is 15.1 Å². The van der Waals surface area contributed by atoms with Gasteiger partial charge in [0.1, 0.15) is 11.5 Å². The fourth-order valence-corrected chi connectivity index (χ4v) is 3.57. The van der Waals surface area contributed by atoms with E-state index in [2.05, 4.69) is 15.1 Å². The number of amides is 1. The van der Waals surface area contributed by atoms with Crippen molar-refractivity contribution >= 4 is 11.7 Å². The Bertz CT molecular complexity index is 974. The van der Waals surface area contributed by atoms with E-state index in [0.717, 1.165) is 41.7 Å². The Morgan fingerprint density at radius 1 is 1.00 bits per heavy atom. The maximum absolute atomic E-state index is 12.8. The zero-order valence-corrected chi connectivity index (χ0v) is 17.3. The molecular weight excluding hydrogens is 380 g/mol. The molecule has 1 amide bonds. The van der Waals surface area contributed by atoms with E-state index in [-0.39, 0.29) is 5.91 Å². The molecule has 1 saturated heterocycles. The SMILES string of the molecule is CCOc1ccc(C(=O)N2CCN(c3cc(-c4ccc(OC)cc4)[nH]n3)CC2)cc1. The van der Waals surface area contributed by atoms with Crippen LogP contribution in [0.5, 0.6) is 11.5 Å². The first-order chi connectivity index (χ1) is 14.7. The summed E-state index contributed by atoms with van der Waals surface area (Å²) in [5.41, 5.74) is 2.70. The molecule has 4 rings (SSSR count). The van der Waals surface area contributed by atoms with Gasteiger partial charge in [0.25, 0.3) is 5.91 Å². The molecule has 1 N–H and O–H groups in total. The van der Waals surface area contributed by atoms with Crippen LogP contribution >= 0.6 is 0 Å². The van der Waals surface area contributed by atoms with Gasteiger partial charge < -0.3 is 19.3 Å². The van der Waals surface area contributed by atoms with Crippen molar-refractivity contribution in [1.29, 1.82) is 0 Å². The van der Waals surface area contributed by atoms with Gasteiger partial charge in [0.15, 0.2) is 5.82 Å². The van der Waals surface area contributed by atoms with E-state index in [1.165, 1.54) is 0 Å². The lowest BCUT2D eigenvalue weighted by Crippen LogP contribution is -2.48. The van der Waals surface area contributed by atoms with E-state index in [0.29, 0.717) is 25.3 Å². The molecule has 1 aliphatic rings. The van der Waals surface area contributed by atoms with Crippen LogP contribution in [0.15, 0.2) is 54.6 Å². The van der Waals surface area contributed by atoms with Gasteiger partial charge in [-0.2, -0.15) is 5.10 Å². The molecule has 1 fully saturated rings. The number of aromatic nitrogens is 2. The number of hydrogen-bond donors (Lipinski definition) is 1. The molecule has 0 spiro atoms. The number of aromatic amines is 1. The first kappa shape index (κ1) is 19.8. The largest absolute Gasteiger partial charge is 0.497 e. The summed E-state index contributed by atoms with van der Waals surface area (Å²) in [6.45, 7) is 5.37. The molecular formula is C23H26N4O3. The molecule has 2 heterocycles. The van der Waals surface area contributed by atoms with Gasteiger partial charge in [-0.25, -0.2) is 0 Å². The molecule has 0 unspecified atom stereocenters. The van der Waals surface area contributed by atoms with Gasteiger partial charge in [-0.15, -0.1) is 0 Å². The monoisotopic (exact) mass is 406 g/mol. The molecule has 7 heteroatoms. The van der Waals surface area contributed by atoms with Gasteiger partial charge in [0.05, 0.1) is 19.4 Å². The van der Waals surface area contributed by atoms with E-state index in [9.17, 15) is 4.79 Å². The van der Waals surface area contributed by atoms with E-state index in [1.54, 1.807) is 7.11 Å². The van der Waals surface area contributed by atoms with Crippen molar-refractivity contribution in [3.05, 3.63) is 60.2 Å². The highest BCUT2D eigenvalue weighted by Gasteiger charge is 2.23. The first-order valence-electron chi connectivity index (χ1n) is 10.1. The van der Waals surface area contributed by atoms with Crippen LogP contribution in [0.2, 0.25) is 0 Å². The minimum Gasteiger partial charge on any atom is -0.497 e. The second kappa shape index (κ2) is 8.90. The van der Waals surface area contributed by atoms with E-state index >= 15 is 0 Å². The number of piperazine rings is 1. The Morgan fingerprint density at radius 2 is 1.67 bits per heavy atom. The summed E-state index contributed by atoms with van der Waals surface area (Å²) in [7, 11) is 1.66. The molecule has 0 radical (unpaired) electrons. The minimum atomic E-state index is 0.0543. The number of nitrogens with zero attached hydrogens (tertiary/aromatic N) is 3. The third-order valence-corrected chi connectivity index (χ3v) is 5.27. The average molecular weight is 406 g/mol. The summed E-state index contributed by atoms with van der Waals surface area (Å²) < 4.78 is 10.7. The van der Waals surface area contributed by atoms with Crippen molar-refractivity contribution in [3.8, 4) is 22.8 Å². The zero-order chi connectivity index (χ0) is 20.9. The number of hydrogen-bond acceptors (Lipinski definition) is 5. The lowest BCUT2D eigenvalue weighted by Gasteiger charge is -2.34. The van der Waals surface area contributed by atoms with Gasteiger partial charge in [0.2, 0.25) is 0 Å². The number of ether oxygens (including phenoxy) is 2. The number of carbonyl (C=O) groups excluding carboxylic acids is 1. The van der Waals surface area contributed by atoms with Gasteiger partial charge in [-0.05, 0) is 61.0 Å². The Morgan fingerprint density at radius 3 is 2.30 bits per heavy atom. The average Bonchev–Trinajstić information content (AvgIpc) is 3.30. The lowest BCUT2D eigenvalue weighted by atomic mass is 10.1. The standard InChI is InChI=1S/C23H26N4O3/c1-3-30-20-10-6-18(7-11-20)23(28)27-14-12-26(13-15-27)22-16-21(24-25-22)17-4-8-19(29-2)9-5-17/h4-11,16H,3,12-15H2,1-2H3,(H,24,25). The fraction of sp³-hybridized carbons (Fsp3) is 0.304. The van der Waals surface area contributed by atoms with Gasteiger partial charge >= 0.3 is 0 Å². The Hall–Kier alpha value is -3.48. The van der Waals surface area contributed by atoms with E-state index < -0.39 is 0 Å². The van der Waals surface area contributed by atoms with Crippen molar-refractivity contribution < 1.29 is 14.3 Å². The topological polar surface area (TPSA) is 70.7 Å². The highest BCUT2D eigenvalue weighted by molar-refractivity contribution is 5.94. The summed E-state index contributed by atoms with van der Waals surface area (Å²) in [4.78, 5) is 16.9. The number of H-pyrrole nitrogens is 1. The smallest absolute Gasteiger partial charge is 0.253 e. The summed E-state index contributed by atoms with van der Waals surface area (Å²) in [5, 5.41) is 7.57. The zero-order valence-electron chi connectivity index (χ0n) is 17.3. The van der Waals surface area contributed by atoms with Gasteiger partial charge in [0, 0.05) is 37.8 Å². The first-order valence-corrected chi connectivity index (χ1v) is 10.1.